The van der Waals surface area contributed by atoms with Crippen LogP contribution >= 0.6 is 0 Å². The minimum Gasteiger partial charge on any atom is -0.484 e. The van der Waals surface area contributed by atoms with E-state index in [1.54, 1.807) is 24.3 Å². The molecule has 0 aromatic heterocycles. The first-order valence-corrected chi connectivity index (χ1v) is 8.10. The van der Waals surface area contributed by atoms with Crippen LogP contribution in [-0.2, 0) is 14.4 Å². The maximum Gasteiger partial charge on any atom is 0.326 e. The fourth-order valence-corrected chi connectivity index (χ4v) is 2.80. The van der Waals surface area contributed by atoms with Crippen LogP contribution in [0.3, 0.4) is 0 Å². The molecule has 0 spiro atoms. The van der Waals surface area contributed by atoms with Gasteiger partial charge in [-0.25, -0.2) is 4.79 Å². The number of nitrogens with zero attached hydrogens (tertiary/aromatic N) is 1. The van der Waals surface area contributed by atoms with Crippen molar-refractivity contribution in [3.05, 3.63) is 24.3 Å². The zero-order chi connectivity index (χ0) is 17.1. The SMILES string of the molecule is O=C(Nc1cccc(OCC(=O)N2CCC[C@@H]2C(=O)O)c1)C1CC1. The molecule has 1 saturated carbocycles. The maximum atomic E-state index is 12.2. The molecular weight excluding hydrogens is 312 g/mol. The Hall–Kier alpha value is -2.57. The number of hydrogen-bond donors (Lipinski definition) is 2. The summed E-state index contributed by atoms with van der Waals surface area (Å²) in [5, 5.41) is 11.9. The minimum atomic E-state index is -0.981. The van der Waals surface area contributed by atoms with Crippen molar-refractivity contribution in [1.82, 2.24) is 4.90 Å². The number of anilines is 1. The van der Waals surface area contributed by atoms with E-state index in [1.165, 1.54) is 4.90 Å². The minimum absolute atomic E-state index is 0.00425. The van der Waals surface area contributed by atoms with Crippen LogP contribution in [-0.4, -0.2) is 47.0 Å². The highest BCUT2D eigenvalue weighted by atomic mass is 16.5. The molecule has 1 aromatic rings. The Morgan fingerprint density at radius 2 is 2.04 bits per heavy atom. The van der Waals surface area contributed by atoms with Crippen LogP contribution in [0.15, 0.2) is 24.3 Å². The van der Waals surface area contributed by atoms with Crippen LogP contribution in [0.2, 0.25) is 0 Å². The molecule has 1 aliphatic carbocycles. The smallest absolute Gasteiger partial charge is 0.326 e. The van der Waals surface area contributed by atoms with Gasteiger partial charge in [-0.05, 0) is 37.8 Å². The lowest BCUT2D eigenvalue weighted by Gasteiger charge is -2.21. The second kappa shape index (κ2) is 6.90. The van der Waals surface area contributed by atoms with Gasteiger partial charge in [0.1, 0.15) is 11.8 Å². The Kier molecular flexibility index (Phi) is 4.69. The number of hydrogen-bond acceptors (Lipinski definition) is 4. The van der Waals surface area contributed by atoms with Gasteiger partial charge in [-0.1, -0.05) is 6.07 Å². The van der Waals surface area contributed by atoms with E-state index in [0.29, 0.717) is 30.8 Å². The number of likely N-dealkylation sites (tertiary alicyclic amines) is 1. The van der Waals surface area contributed by atoms with E-state index in [4.69, 9.17) is 9.84 Å². The first-order chi connectivity index (χ1) is 11.5. The van der Waals surface area contributed by atoms with Gasteiger partial charge in [0.25, 0.3) is 5.91 Å². The van der Waals surface area contributed by atoms with Gasteiger partial charge in [0.2, 0.25) is 5.91 Å². The average Bonchev–Trinajstić information content (AvgIpc) is 3.29. The summed E-state index contributed by atoms with van der Waals surface area (Å²) in [5.41, 5.74) is 0.626. The largest absolute Gasteiger partial charge is 0.484 e. The summed E-state index contributed by atoms with van der Waals surface area (Å²) >= 11 is 0. The first-order valence-electron chi connectivity index (χ1n) is 8.10. The van der Waals surface area contributed by atoms with Gasteiger partial charge in [-0.3, -0.25) is 9.59 Å². The molecule has 1 aliphatic heterocycles. The number of rotatable bonds is 6. The summed E-state index contributed by atoms with van der Waals surface area (Å²) in [6, 6.07) is 6.09. The van der Waals surface area contributed by atoms with Crippen LogP contribution in [0.25, 0.3) is 0 Å². The van der Waals surface area contributed by atoms with Crippen molar-refractivity contribution in [3.63, 3.8) is 0 Å². The van der Waals surface area contributed by atoms with Crippen molar-refractivity contribution in [2.45, 2.75) is 31.7 Å². The number of carboxylic acid groups (broad SMARTS) is 1. The molecule has 1 saturated heterocycles. The Labute approximate surface area is 139 Å². The average molecular weight is 332 g/mol. The first kappa shape index (κ1) is 16.3. The van der Waals surface area contributed by atoms with Crippen LogP contribution in [0.4, 0.5) is 5.69 Å². The molecular formula is C17H20N2O5. The number of carboxylic acids is 1. The van der Waals surface area contributed by atoms with Gasteiger partial charge in [0.05, 0.1) is 0 Å². The molecule has 0 bridgehead atoms. The molecule has 7 nitrogen and oxygen atoms in total. The number of aliphatic carboxylic acids is 1. The monoisotopic (exact) mass is 332 g/mol. The lowest BCUT2D eigenvalue weighted by Crippen LogP contribution is -2.42. The third-order valence-corrected chi connectivity index (χ3v) is 4.27. The van der Waals surface area contributed by atoms with Gasteiger partial charge in [-0.15, -0.1) is 0 Å². The van der Waals surface area contributed by atoms with Crippen LogP contribution in [0.5, 0.6) is 5.75 Å². The Bertz CT molecular complexity index is 656. The number of amides is 2. The molecule has 0 unspecified atom stereocenters. The zero-order valence-electron chi connectivity index (χ0n) is 13.2. The van der Waals surface area contributed by atoms with E-state index in [0.717, 1.165) is 12.8 Å². The molecule has 2 N–H and O–H groups in total. The standard InChI is InChI=1S/C17H20N2O5/c20-15(19-8-2-5-14(19)17(22)23)10-24-13-4-1-3-12(9-13)18-16(21)11-6-7-11/h1,3-4,9,11,14H,2,5-8,10H2,(H,18,21)(H,22,23)/t14-/m1/s1. The van der Waals surface area contributed by atoms with E-state index in [1.807, 2.05) is 0 Å². The van der Waals surface area contributed by atoms with E-state index >= 15 is 0 Å². The molecule has 3 rings (SSSR count). The molecule has 2 fully saturated rings. The topological polar surface area (TPSA) is 95.9 Å². The van der Waals surface area contributed by atoms with E-state index < -0.39 is 12.0 Å². The zero-order valence-corrected chi connectivity index (χ0v) is 13.2. The third-order valence-electron chi connectivity index (χ3n) is 4.27. The Morgan fingerprint density at radius 1 is 1.25 bits per heavy atom. The van der Waals surface area contributed by atoms with Crippen molar-refractivity contribution >= 4 is 23.5 Å². The fourth-order valence-electron chi connectivity index (χ4n) is 2.80. The maximum absolute atomic E-state index is 12.2. The van der Waals surface area contributed by atoms with Gasteiger partial charge in [0, 0.05) is 24.2 Å². The number of ether oxygens (including phenoxy) is 1. The summed E-state index contributed by atoms with van der Waals surface area (Å²) in [7, 11) is 0. The van der Waals surface area contributed by atoms with Gasteiger partial charge < -0.3 is 20.1 Å². The van der Waals surface area contributed by atoms with Crippen LogP contribution in [0.1, 0.15) is 25.7 Å². The highest BCUT2D eigenvalue weighted by molar-refractivity contribution is 5.94. The normalized spacial score (nSPS) is 19.8. The predicted octanol–water partition coefficient (Wildman–Crippen LogP) is 1.49. The molecule has 2 aliphatic rings. The summed E-state index contributed by atoms with van der Waals surface area (Å²) in [4.78, 5) is 36.4. The third kappa shape index (κ3) is 3.84. The Morgan fingerprint density at radius 3 is 2.75 bits per heavy atom. The summed E-state index contributed by atoms with van der Waals surface area (Å²) < 4.78 is 5.47. The van der Waals surface area contributed by atoms with Crippen molar-refractivity contribution in [2.24, 2.45) is 5.92 Å². The van der Waals surface area contributed by atoms with Crippen LogP contribution in [0, 0.1) is 5.92 Å². The number of carbonyl (C=O) groups is 3. The molecule has 2 amide bonds. The van der Waals surface area contributed by atoms with Gasteiger partial charge >= 0.3 is 5.97 Å². The molecule has 24 heavy (non-hydrogen) atoms. The number of carbonyl (C=O) groups excluding carboxylic acids is 2. The highest BCUT2D eigenvalue weighted by Gasteiger charge is 2.34. The summed E-state index contributed by atoms with van der Waals surface area (Å²) in [6.07, 6.45) is 3.02. The van der Waals surface area contributed by atoms with Crippen molar-refractivity contribution in [3.8, 4) is 5.75 Å². The highest BCUT2D eigenvalue weighted by Crippen LogP contribution is 2.30. The van der Waals surface area contributed by atoms with Crippen molar-refractivity contribution < 1.29 is 24.2 Å². The molecule has 128 valence electrons. The molecule has 1 atom stereocenters. The van der Waals surface area contributed by atoms with Gasteiger partial charge in [-0.2, -0.15) is 0 Å². The lowest BCUT2D eigenvalue weighted by molar-refractivity contribution is -0.148. The summed E-state index contributed by atoms with van der Waals surface area (Å²) in [5.74, 6) is -0.746. The number of nitrogens with one attached hydrogen (secondary N) is 1. The lowest BCUT2D eigenvalue weighted by atomic mass is 10.2. The summed E-state index contributed by atoms with van der Waals surface area (Å²) in [6.45, 7) is 0.223. The van der Waals surface area contributed by atoms with E-state index in [2.05, 4.69) is 5.32 Å². The van der Waals surface area contributed by atoms with E-state index in [-0.39, 0.29) is 24.3 Å². The number of benzene rings is 1. The van der Waals surface area contributed by atoms with Crippen molar-refractivity contribution in [2.75, 3.05) is 18.5 Å². The predicted molar refractivity (Wildman–Crippen MR) is 85.7 cm³/mol. The second-order valence-corrected chi connectivity index (χ2v) is 6.16. The molecule has 7 heteroatoms. The van der Waals surface area contributed by atoms with Crippen molar-refractivity contribution in [1.29, 1.82) is 0 Å². The van der Waals surface area contributed by atoms with E-state index in [9.17, 15) is 14.4 Å². The fraction of sp³-hybridized carbons (Fsp3) is 0.471. The Balaban J connectivity index is 1.55. The molecule has 0 radical (unpaired) electrons. The molecule has 1 aromatic carbocycles. The second-order valence-electron chi connectivity index (χ2n) is 6.16. The van der Waals surface area contributed by atoms with Gasteiger partial charge in [0.15, 0.2) is 6.61 Å². The molecule has 1 heterocycles. The van der Waals surface area contributed by atoms with Crippen LogP contribution < -0.4 is 10.1 Å². The quantitative estimate of drug-likeness (QED) is 0.823.